The topological polar surface area (TPSA) is 54.0 Å². The lowest BCUT2D eigenvalue weighted by molar-refractivity contribution is -0.137. The lowest BCUT2D eigenvalue weighted by atomic mass is 9.90. The van der Waals surface area contributed by atoms with Crippen LogP contribution in [0.1, 0.15) is 22.6 Å². The van der Waals surface area contributed by atoms with E-state index in [1.165, 1.54) is 6.07 Å². The number of nitrogens with one attached hydrogen (secondary N) is 2. The van der Waals surface area contributed by atoms with Gasteiger partial charge in [0, 0.05) is 19.3 Å². The number of rotatable bonds is 7. The van der Waals surface area contributed by atoms with E-state index in [-0.39, 0.29) is 5.91 Å². The average molecular weight is 399 g/mol. The van der Waals surface area contributed by atoms with Gasteiger partial charge in [0.2, 0.25) is 5.91 Å². The van der Waals surface area contributed by atoms with Crippen molar-refractivity contribution in [2.45, 2.75) is 12.1 Å². The van der Waals surface area contributed by atoms with Crippen LogP contribution in [0.15, 0.2) is 79.0 Å². The smallest absolute Gasteiger partial charge is 0.368 e. The Kier molecular flexibility index (Phi) is 6.49. The van der Waals surface area contributed by atoms with Crippen molar-refractivity contribution in [3.63, 3.8) is 0 Å². The molecule has 4 nitrogen and oxygen atoms in total. The van der Waals surface area contributed by atoms with E-state index in [1.54, 1.807) is 0 Å². The summed E-state index contributed by atoms with van der Waals surface area (Å²) in [5, 5.41) is 5.78. The SMILES string of the molecule is O=C(NCCNc1ccc(C(F)(F)F)cn1)C(c1ccccc1)c1ccccc1. The van der Waals surface area contributed by atoms with Crippen LogP contribution in [0.3, 0.4) is 0 Å². The predicted octanol–water partition coefficient (Wildman–Crippen LogP) is 4.46. The first-order valence-corrected chi connectivity index (χ1v) is 9.10. The molecule has 29 heavy (non-hydrogen) atoms. The maximum Gasteiger partial charge on any atom is 0.417 e. The number of carbonyl (C=O) groups excluding carboxylic acids is 1. The highest BCUT2D eigenvalue weighted by atomic mass is 19.4. The van der Waals surface area contributed by atoms with Crippen molar-refractivity contribution in [2.24, 2.45) is 0 Å². The summed E-state index contributed by atoms with van der Waals surface area (Å²) in [5.41, 5.74) is 0.965. The maximum absolute atomic E-state index is 12.8. The molecule has 0 saturated carbocycles. The molecule has 150 valence electrons. The number of amides is 1. The fourth-order valence-electron chi connectivity index (χ4n) is 2.93. The van der Waals surface area contributed by atoms with Crippen LogP contribution in [0.5, 0.6) is 0 Å². The zero-order chi connectivity index (χ0) is 20.7. The van der Waals surface area contributed by atoms with Crippen LogP contribution < -0.4 is 10.6 Å². The number of hydrogen-bond acceptors (Lipinski definition) is 3. The molecule has 0 radical (unpaired) electrons. The number of pyridine rings is 1. The average Bonchev–Trinajstić information content (AvgIpc) is 2.73. The lowest BCUT2D eigenvalue weighted by Gasteiger charge is -2.18. The molecule has 0 bridgehead atoms. The van der Waals surface area contributed by atoms with E-state index in [2.05, 4.69) is 15.6 Å². The minimum atomic E-state index is -4.41. The van der Waals surface area contributed by atoms with E-state index >= 15 is 0 Å². The molecule has 0 aliphatic carbocycles. The van der Waals surface area contributed by atoms with E-state index in [9.17, 15) is 18.0 Å². The Morgan fingerprint density at radius 2 is 1.45 bits per heavy atom. The Bertz CT molecular complexity index is 874. The van der Waals surface area contributed by atoms with Crippen molar-refractivity contribution in [2.75, 3.05) is 18.4 Å². The summed E-state index contributed by atoms with van der Waals surface area (Å²) < 4.78 is 37.7. The van der Waals surface area contributed by atoms with E-state index in [4.69, 9.17) is 0 Å². The molecule has 0 aliphatic heterocycles. The van der Waals surface area contributed by atoms with Gasteiger partial charge in [-0.2, -0.15) is 13.2 Å². The highest BCUT2D eigenvalue weighted by molar-refractivity contribution is 5.87. The van der Waals surface area contributed by atoms with Crippen molar-refractivity contribution in [1.29, 1.82) is 0 Å². The molecule has 0 spiro atoms. The number of carbonyl (C=O) groups is 1. The highest BCUT2D eigenvalue weighted by Gasteiger charge is 2.30. The van der Waals surface area contributed by atoms with Crippen LogP contribution in [0.25, 0.3) is 0 Å². The predicted molar refractivity (Wildman–Crippen MR) is 105 cm³/mol. The Hall–Kier alpha value is -3.35. The van der Waals surface area contributed by atoms with Crippen molar-refractivity contribution in [1.82, 2.24) is 10.3 Å². The Labute approximate surface area is 166 Å². The van der Waals surface area contributed by atoms with Gasteiger partial charge in [-0.05, 0) is 23.3 Å². The Morgan fingerprint density at radius 1 is 0.862 bits per heavy atom. The molecular formula is C22H20F3N3O. The number of nitrogens with zero attached hydrogens (tertiary/aromatic N) is 1. The van der Waals surface area contributed by atoms with Crippen LogP contribution >= 0.6 is 0 Å². The first-order valence-electron chi connectivity index (χ1n) is 9.10. The van der Waals surface area contributed by atoms with E-state index in [0.29, 0.717) is 18.9 Å². The highest BCUT2D eigenvalue weighted by Crippen LogP contribution is 2.29. The summed E-state index contributed by atoms with van der Waals surface area (Å²) in [7, 11) is 0. The van der Waals surface area contributed by atoms with E-state index < -0.39 is 17.7 Å². The Balaban J connectivity index is 1.58. The lowest BCUT2D eigenvalue weighted by Crippen LogP contribution is -2.33. The fraction of sp³-hybridized carbons (Fsp3) is 0.182. The third-order valence-corrected chi connectivity index (χ3v) is 4.35. The van der Waals surface area contributed by atoms with Crippen molar-refractivity contribution >= 4 is 11.7 Å². The molecule has 1 heterocycles. The molecule has 2 aromatic carbocycles. The zero-order valence-electron chi connectivity index (χ0n) is 15.5. The molecule has 0 fully saturated rings. The monoisotopic (exact) mass is 399 g/mol. The normalized spacial score (nSPS) is 11.3. The number of benzene rings is 2. The zero-order valence-corrected chi connectivity index (χ0v) is 15.5. The molecule has 3 rings (SSSR count). The summed E-state index contributed by atoms with van der Waals surface area (Å²) in [6, 6.07) is 21.2. The molecule has 7 heteroatoms. The third kappa shape index (κ3) is 5.57. The van der Waals surface area contributed by atoms with Gasteiger partial charge in [-0.1, -0.05) is 60.7 Å². The molecule has 0 saturated heterocycles. The minimum Gasteiger partial charge on any atom is -0.368 e. The second kappa shape index (κ2) is 9.23. The number of aromatic nitrogens is 1. The van der Waals surface area contributed by atoms with E-state index in [0.717, 1.165) is 23.4 Å². The maximum atomic E-state index is 12.8. The van der Waals surface area contributed by atoms with Gasteiger partial charge >= 0.3 is 6.18 Å². The first-order chi connectivity index (χ1) is 13.9. The van der Waals surface area contributed by atoms with Gasteiger partial charge in [0.15, 0.2) is 0 Å². The molecule has 1 amide bonds. The van der Waals surface area contributed by atoms with Crippen LogP contribution in [-0.4, -0.2) is 24.0 Å². The summed E-state index contributed by atoms with van der Waals surface area (Å²) in [6.45, 7) is 0.637. The molecular weight excluding hydrogens is 379 g/mol. The molecule has 2 N–H and O–H groups in total. The number of anilines is 1. The summed E-state index contributed by atoms with van der Waals surface area (Å²) in [4.78, 5) is 16.6. The fourth-order valence-corrected chi connectivity index (χ4v) is 2.93. The molecule has 0 atom stereocenters. The van der Waals surface area contributed by atoms with Crippen molar-refractivity contribution in [3.05, 3.63) is 95.7 Å². The van der Waals surface area contributed by atoms with Crippen LogP contribution in [0, 0.1) is 0 Å². The largest absolute Gasteiger partial charge is 0.417 e. The van der Waals surface area contributed by atoms with Crippen LogP contribution in [0.4, 0.5) is 19.0 Å². The minimum absolute atomic E-state index is 0.149. The summed E-state index contributed by atoms with van der Waals surface area (Å²) in [5.74, 6) is -0.277. The molecule has 0 aliphatic rings. The summed E-state index contributed by atoms with van der Waals surface area (Å²) >= 11 is 0. The van der Waals surface area contributed by atoms with E-state index in [1.807, 2.05) is 60.7 Å². The quantitative estimate of drug-likeness (QED) is 0.577. The second-order valence-electron chi connectivity index (χ2n) is 6.40. The van der Waals surface area contributed by atoms with Gasteiger partial charge < -0.3 is 10.6 Å². The second-order valence-corrected chi connectivity index (χ2v) is 6.40. The molecule has 3 aromatic rings. The summed E-state index contributed by atoms with van der Waals surface area (Å²) in [6.07, 6.45) is -3.63. The van der Waals surface area contributed by atoms with Gasteiger partial charge in [-0.3, -0.25) is 4.79 Å². The third-order valence-electron chi connectivity index (χ3n) is 4.35. The van der Waals surface area contributed by atoms with Gasteiger partial charge in [0.25, 0.3) is 0 Å². The van der Waals surface area contributed by atoms with Gasteiger partial charge in [0.1, 0.15) is 5.82 Å². The van der Waals surface area contributed by atoms with Crippen LogP contribution in [-0.2, 0) is 11.0 Å². The van der Waals surface area contributed by atoms with Gasteiger partial charge in [0.05, 0.1) is 11.5 Å². The molecule has 1 aromatic heterocycles. The number of hydrogen-bond donors (Lipinski definition) is 2. The van der Waals surface area contributed by atoms with Crippen LogP contribution in [0.2, 0.25) is 0 Å². The first kappa shape index (κ1) is 20.4. The van der Waals surface area contributed by atoms with Crippen molar-refractivity contribution < 1.29 is 18.0 Å². The standard InChI is InChI=1S/C22H20F3N3O/c23-22(24,25)18-11-12-19(28-15-18)26-13-14-27-21(29)20(16-7-3-1-4-8-16)17-9-5-2-6-10-17/h1-12,15,20H,13-14H2,(H,26,28)(H,27,29). The van der Waals surface area contributed by atoms with Crippen molar-refractivity contribution in [3.8, 4) is 0 Å². The van der Waals surface area contributed by atoms with Gasteiger partial charge in [-0.15, -0.1) is 0 Å². The van der Waals surface area contributed by atoms with Gasteiger partial charge in [-0.25, -0.2) is 4.98 Å². The number of alkyl halides is 3. The number of halogens is 3. The molecule has 0 unspecified atom stereocenters. The Morgan fingerprint density at radius 3 is 1.93 bits per heavy atom.